The number of β-amino-alcohol motifs (C(OH)–C–C–N with tert-alkyl or cyclic N) is 1. The quantitative estimate of drug-likeness (QED) is 0.612. The van der Waals surface area contributed by atoms with Crippen LogP contribution in [0.1, 0.15) is 13.8 Å². The number of aliphatic hydroxyl groups excluding tert-OH is 1. The summed E-state index contributed by atoms with van der Waals surface area (Å²) >= 11 is 0. The Balaban J connectivity index is 2.08. The van der Waals surface area contributed by atoms with Crippen molar-refractivity contribution in [1.29, 1.82) is 0 Å². The van der Waals surface area contributed by atoms with Gasteiger partial charge in [-0.2, -0.15) is 0 Å². The highest BCUT2D eigenvalue weighted by Gasteiger charge is 2.26. The van der Waals surface area contributed by atoms with Crippen LogP contribution in [0.2, 0.25) is 0 Å². The van der Waals surface area contributed by atoms with E-state index in [4.69, 9.17) is 4.74 Å². The lowest BCUT2D eigenvalue weighted by atomic mass is 10.0. The van der Waals surface area contributed by atoms with Crippen molar-refractivity contribution in [3.05, 3.63) is 0 Å². The Labute approximate surface area is 99.0 Å². The summed E-state index contributed by atoms with van der Waals surface area (Å²) in [7, 11) is 1.69. The van der Waals surface area contributed by atoms with E-state index >= 15 is 0 Å². The van der Waals surface area contributed by atoms with E-state index in [-0.39, 0.29) is 6.10 Å². The highest BCUT2D eigenvalue weighted by Crippen LogP contribution is 2.21. The van der Waals surface area contributed by atoms with Crippen molar-refractivity contribution in [2.45, 2.75) is 20.0 Å². The average Bonchev–Trinajstić information content (AvgIpc) is 2.53. The topological polar surface area (TPSA) is 44.7 Å². The maximum Gasteiger partial charge on any atom is 0.0791 e. The molecule has 1 aliphatic rings. The maximum atomic E-state index is 9.84. The van der Waals surface area contributed by atoms with Gasteiger partial charge in [-0.15, -0.1) is 0 Å². The zero-order valence-corrected chi connectivity index (χ0v) is 10.8. The summed E-state index contributed by atoms with van der Waals surface area (Å²) in [6, 6.07) is 0. The maximum absolute atomic E-state index is 9.84. The molecule has 1 saturated heterocycles. The Morgan fingerprint density at radius 2 is 2.00 bits per heavy atom. The Kier molecular flexibility index (Phi) is 6.28. The van der Waals surface area contributed by atoms with E-state index in [0.717, 1.165) is 38.0 Å². The minimum absolute atomic E-state index is 0.269. The molecule has 0 radical (unpaired) electrons. The molecule has 1 fully saturated rings. The van der Waals surface area contributed by atoms with Crippen molar-refractivity contribution in [3.8, 4) is 0 Å². The van der Waals surface area contributed by atoms with Crippen molar-refractivity contribution in [2.75, 3.05) is 46.4 Å². The molecule has 1 rings (SSSR count). The number of hydrogen-bond donors (Lipinski definition) is 2. The van der Waals surface area contributed by atoms with E-state index in [1.54, 1.807) is 7.11 Å². The van der Waals surface area contributed by atoms with Crippen LogP contribution in [0.5, 0.6) is 0 Å². The van der Waals surface area contributed by atoms with Crippen LogP contribution in [0.15, 0.2) is 0 Å². The van der Waals surface area contributed by atoms with Crippen LogP contribution in [0.25, 0.3) is 0 Å². The first kappa shape index (κ1) is 13.9. The fourth-order valence-electron chi connectivity index (χ4n) is 2.20. The second kappa shape index (κ2) is 7.22. The molecule has 4 heteroatoms. The van der Waals surface area contributed by atoms with E-state index in [9.17, 15) is 5.11 Å². The van der Waals surface area contributed by atoms with Crippen molar-refractivity contribution in [3.63, 3.8) is 0 Å². The first-order valence-corrected chi connectivity index (χ1v) is 6.23. The number of aliphatic hydroxyl groups is 1. The zero-order valence-electron chi connectivity index (χ0n) is 10.8. The highest BCUT2D eigenvalue weighted by molar-refractivity contribution is 4.80. The first-order valence-electron chi connectivity index (χ1n) is 6.23. The monoisotopic (exact) mass is 230 g/mol. The summed E-state index contributed by atoms with van der Waals surface area (Å²) in [5.41, 5.74) is 0. The van der Waals surface area contributed by atoms with Gasteiger partial charge in [-0.1, -0.05) is 13.8 Å². The number of ether oxygens (including phenoxy) is 1. The Morgan fingerprint density at radius 1 is 1.38 bits per heavy atom. The number of nitrogens with zero attached hydrogens (tertiary/aromatic N) is 1. The summed E-state index contributed by atoms with van der Waals surface area (Å²) in [6.07, 6.45) is -0.269. The molecule has 0 aliphatic carbocycles. The highest BCUT2D eigenvalue weighted by atomic mass is 16.5. The molecule has 1 heterocycles. The number of likely N-dealkylation sites (tertiary alicyclic amines) is 1. The second-order valence-electron chi connectivity index (χ2n) is 5.02. The lowest BCUT2D eigenvalue weighted by molar-refractivity contribution is 0.117. The SMILES string of the molecule is COCCNCC(O)CN1CC(C)C(C)C1. The number of nitrogens with one attached hydrogen (secondary N) is 1. The summed E-state index contributed by atoms with van der Waals surface area (Å²) in [5, 5.41) is 13.0. The molecular weight excluding hydrogens is 204 g/mol. The molecule has 1 aliphatic heterocycles. The molecule has 4 nitrogen and oxygen atoms in total. The molecular formula is C12H26N2O2. The standard InChI is InChI=1S/C12H26N2O2/c1-10-7-14(8-11(10)2)9-12(15)6-13-4-5-16-3/h10-13,15H,4-9H2,1-3H3. The van der Waals surface area contributed by atoms with Crippen LogP contribution < -0.4 is 5.32 Å². The van der Waals surface area contributed by atoms with Gasteiger partial charge in [-0.05, 0) is 11.8 Å². The minimum atomic E-state index is -0.269. The molecule has 0 aromatic carbocycles. The van der Waals surface area contributed by atoms with Crippen LogP contribution in [0.4, 0.5) is 0 Å². The van der Waals surface area contributed by atoms with Crippen LogP contribution in [-0.4, -0.2) is 62.6 Å². The minimum Gasteiger partial charge on any atom is -0.390 e. The van der Waals surface area contributed by atoms with E-state index in [1.807, 2.05) is 0 Å². The largest absolute Gasteiger partial charge is 0.390 e. The average molecular weight is 230 g/mol. The number of hydrogen-bond acceptors (Lipinski definition) is 4. The second-order valence-corrected chi connectivity index (χ2v) is 5.02. The summed E-state index contributed by atoms with van der Waals surface area (Å²) in [6.45, 7) is 9.76. The van der Waals surface area contributed by atoms with Crippen molar-refractivity contribution >= 4 is 0 Å². The zero-order chi connectivity index (χ0) is 12.0. The van der Waals surface area contributed by atoms with Gasteiger partial charge in [0.1, 0.15) is 0 Å². The third-order valence-corrected chi connectivity index (χ3v) is 3.40. The van der Waals surface area contributed by atoms with Crippen molar-refractivity contribution in [1.82, 2.24) is 10.2 Å². The summed E-state index contributed by atoms with van der Waals surface area (Å²) in [4.78, 5) is 2.36. The van der Waals surface area contributed by atoms with Crippen LogP contribution in [0, 0.1) is 11.8 Å². The molecule has 0 aromatic heterocycles. The van der Waals surface area contributed by atoms with E-state index in [1.165, 1.54) is 0 Å². The summed E-state index contributed by atoms with van der Waals surface area (Å²) < 4.78 is 4.93. The molecule has 0 amide bonds. The lowest BCUT2D eigenvalue weighted by Crippen LogP contribution is -2.38. The fourth-order valence-corrected chi connectivity index (χ4v) is 2.20. The molecule has 3 atom stereocenters. The Bertz CT molecular complexity index is 180. The smallest absolute Gasteiger partial charge is 0.0791 e. The van der Waals surface area contributed by atoms with Crippen LogP contribution >= 0.6 is 0 Å². The predicted molar refractivity (Wildman–Crippen MR) is 65.5 cm³/mol. The Hall–Kier alpha value is -0.160. The molecule has 16 heavy (non-hydrogen) atoms. The normalized spacial score (nSPS) is 28.5. The van der Waals surface area contributed by atoms with Gasteiger partial charge in [-0.25, -0.2) is 0 Å². The van der Waals surface area contributed by atoms with E-state index < -0.39 is 0 Å². The summed E-state index contributed by atoms with van der Waals surface area (Å²) in [5.74, 6) is 1.52. The van der Waals surface area contributed by atoms with Crippen molar-refractivity contribution < 1.29 is 9.84 Å². The molecule has 0 bridgehead atoms. The van der Waals surface area contributed by atoms with Crippen LogP contribution in [-0.2, 0) is 4.74 Å². The van der Waals surface area contributed by atoms with Gasteiger partial charge < -0.3 is 20.1 Å². The van der Waals surface area contributed by atoms with Crippen LogP contribution in [0.3, 0.4) is 0 Å². The molecule has 0 saturated carbocycles. The van der Waals surface area contributed by atoms with E-state index in [2.05, 4.69) is 24.1 Å². The Morgan fingerprint density at radius 3 is 2.56 bits per heavy atom. The van der Waals surface area contributed by atoms with Gasteiger partial charge in [0.05, 0.1) is 12.7 Å². The first-order chi connectivity index (χ1) is 7.63. The van der Waals surface area contributed by atoms with Gasteiger partial charge in [0.15, 0.2) is 0 Å². The van der Waals surface area contributed by atoms with Crippen molar-refractivity contribution in [2.24, 2.45) is 11.8 Å². The van der Waals surface area contributed by atoms with Gasteiger partial charge in [-0.3, -0.25) is 0 Å². The van der Waals surface area contributed by atoms with Gasteiger partial charge in [0.25, 0.3) is 0 Å². The van der Waals surface area contributed by atoms with Gasteiger partial charge in [0, 0.05) is 39.8 Å². The molecule has 3 unspecified atom stereocenters. The van der Waals surface area contributed by atoms with E-state index in [0.29, 0.717) is 13.2 Å². The molecule has 0 spiro atoms. The van der Waals surface area contributed by atoms with Gasteiger partial charge >= 0.3 is 0 Å². The molecule has 2 N–H and O–H groups in total. The number of methoxy groups -OCH3 is 1. The fraction of sp³-hybridized carbons (Fsp3) is 1.00. The predicted octanol–water partition coefficient (Wildman–Crippen LogP) is 0.171. The third kappa shape index (κ3) is 4.78. The molecule has 0 aromatic rings. The van der Waals surface area contributed by atoms with Gasteiger partial charge in [0.2, 0.25) is 0 Å². The molecule has 96 valence electrons. The lowest BCUT2D eigenvalue weighted by Gasteiger charge is -2.20. The third-order valence-electron chi connectivity index (χ3n) is 3.40. The number of rotatable bonds is 7.